The third-order valence-corrected chi connectivity index (χ3v) is 9.04. The lowest BCUT2D eigenvalue weighted by atomic mass is 9.84. The smallest absolute Gasteiger partial charge is 0.274 e. The monoisotopic (exact) mass is 464 g/mol. The van der Waals surface area contributed by atoms with Crippen LogP contribution in [0.4, 0.5) is 10.1 Å². The minimum Gasteiger partial charge on any atom is -0.386 e. The molecule has 1 aromatic carbocycles. The molecular weight excluding hydrogens is 443 g/mol. The Morgan fingerprint density at radius 3 is 2.77 bits per heavy atom. The topological polar surface area (TPSA) is 115 Å². The van der Waals surface area contributed by atoms with Crippen LogP contribution in [0, 0.1) is 12.7 Å². The number of aromatic nitrogens is 1. The first kappa shape index (κ1) is 21.7. The first-order chi connectivity index (χ1) is 14.5. The van der Waals surface area contributed by atoms with Gasteiger partial charge in [0, 0.05) is 17.4 Å². The zero-order valence-electron chi connectivity index (χ0n) is 17.0. The van der Waals surface area contributed by atoms with Gasteiger partial charge >= 0.3 is 0 Å². The zero-order chi connectivity index (χ0) is 22.6. The Morgan fingerprint density at radius 2 is 2.06 bits per heavy atom. The van der Waals surface area contributed by atoms with Gasteiger partial charge < -0.3 is 11.1 Å². The van der Waals surface area contributed by atoms with Gasteiger partial charge in [0.15, 0.2) is 9.84 Å². The Balaban J connectivity index is 1.74. The van der Waals surface area contributed by atoms with Crippen LogP contribution in [-0.2, 0) is 15.4 Å². The van der Waals surface area contributed by atoms with Gasteiger partial charge in [0.2, 0.25) is 0 Å². The number of aliphatic imine (C=N–C) groups is 1. The molecule has 0 radical (unpaired) electrons. The number of amides is 1. The van der Waals surface area contributed by atoms with Crippen molar-refractivity contribution >= 4 is 38.9 Å². The quantitative estimate of drug-likeness (QED) is 0.722. The van der Waals surface area contributed by atoms with Crippen molar-refractivity contribution in [3.05, 3.63) is 58.1 Å². The van der Waals surface area contributed by atoms with Crippen LogP contribution in [0.5, 0.6) is 0 Å². The highest BCUT2D eigenvalue weighted by molar-refractivity contribution is 7.93. The third kappa shape index (κ3) is 3.59. The zero-order valence-corrected chi connectivity index (χ0v) is 18.6. The molecule has 2 aromatic rings. The molecule has 1 fully saturated rings. The van der Waals surface area contributed by atoms with E-state index >= 15 is 0 Å². The number of anilines is 1. The van der Waals surface area contributed by atoms with Gasteiger partial charge in [-0.3, -0.25) is 9.79 Å². The van der Waals surface area contributed by atoms with E-state index in [2.05, 4.69) is 15.3 Å². The number of hydrogen-bond acceptors (Lipinski definition) is 6. The summed E-state index contributed by atoms with van der Waals surface area (Å²) in [4.78, 5) is 21.2. The van der Waals surface area contributed by atoms with Crippen molar-refractivity contribution in [3.8, 4) is 0 Å². The number of aryl methyl sites for hydroxylation is 1. The van der Waals surface area contributed by atoms with E-state index in [1.165, 1.54) is 24.4 Å². The number of amidine groups is 1. The van der Waals surface area contributed by atoms with Gasteiger partial charge in [0.25, 0.3) is 5.91 Å². The molecule has 0 spiro atoms. The lowest BCUT2D eigenvalue weighted by Gasteiger charge is -2.44. The molecule has 164 valence electrons. The molecule has 10 heteroatoms. The number of carbonyl (C=O) groups is 1. The molecule has 1 amide bonds. The van der Waals surface area contributed by atoms with E-state index in [0.29, 0.717) is 35.5 Å². The summed E-state index contributed by atoms with van der Waals surface area (Å²) >= 11 is 5.89. The maximum absolute atomic E-state index is 14.9. The van der Waals surface area contributed by atoms with E-state index < -0.39 is 37.6 Å². The van der Waals surface area contributed by atoms with E-state index in [1.807, 2.05) is 0 Å². The van der Waals surface area contributed by atoms with Crippen LogP contribution in [0.3, 0.4) is 0 Å². The van der Waals surface area contributed by atoms with Gasteiger partial charge in [-0.15, -0.1) is 0 Å². The fourth-order valence-corrected chi connectivity index (χ4v) is 7.35. The normalized spacial score (nSPS) is 26.8. The van der Waals surface area contributed by atoms with E-state index in [1.54, 1.807) is 19.9 Å². The van der Waals surface area contributed by atoms with Crippen molar-refractivity contribution in [1.29, 1.82) is 0 Å². The Hall–Kier alpha value is -2.52. The molecule has 0 saturated carbocycles. The highest BCUT2D eigenvalue weighted by Gasteiger charge is 2.54. The predicted molar refractivity (Wildman–Crippen MR) is 118 cm³/mol. The summed E-state index contributed by atoms with van der Waals surface area (Å²) < 4.78 is 41.0. The second-order valence-corrected chi connectivity index (χ2v) is 10.9. The summed E-state index contributed by atoms with van der Waals surface area (Å²) in [5.74, 6) is -1.10. The van der Waals surface area contributed by atoms with Gasteiger partial charge in [0.05, 0.1) is 10.3 Å². The van der Waals surface area contributed by atoms with E-state index in [9.17, 15) is 17.6 Å². The number of benzene rings is 1. The van der Waals surface area contributed by atoms with E-state index in [-0.39, 0.29) is 17.1 Å². The van der Waals surface area contributed by atoms with Gasteiger partial charge in [-0.2, -0.15) is 0 Å². The number of sulfone groups is 1. The fraction of sp³-hybridized carbons (Fsp3) is 0.381. The van der Waals surface area contributed by atoms with Gasteiger partial charge in [-0.25, -0.2) is 17.8 Å². The number of fused-ring (bicyclic) bond motifs is 2. The first-order valence-electron chi connectivity index (χ1n) is 9.85. The van der Waals surface area contributed by atoms with Crippen molar-refractivity contribution in [2.75, 3.05) is 5.32 Å². The summed E-state index contributed by atoms with van der Waals surface area (Å²) in [5.41, 5.74) is 5.75. The van der Waals surface area contributed by atoms with Gasteiger partial charge in [0.1, 0.15) is 28.1 Å². The molecule has 3 N–H and O–H groups in total. The molecule has 0 aliphatic carbocycles. The summed E-state index contributed by atoms with van der Waals surface area (Å²) in [6, 6.07) is 5.62. The van der Waals surface area contributed by atoms with Crippen LogP contribution in [0.25, 0.3) is 0 Å². The number of rotatable bonds is 3. The molecular formula is C21H22ClFN4O3S. The molecule has 4 rings (SSSR count). The molecule has 2 aliphatic heterocycles. The molecule has 3 atom stereocenters. The van der Waals surface area contributed by atoms with Crippen LogP contribution in [-0.4, -0.2) is 35.6 Å². The average molecular weight is 465 g/mol. The SMILES string of the molecule is Cc1cc(Cl)cnc1C(=O)Nc1ccc(F)c([C@@]2(C)N=C(N)[C@H]3CCC[C@@H]2S3(=O)=O)c1. The highest BCUT2D eigenvalue weighted by atomic mass is 35.5. The molecule has 31 heavy (non-hydrogen) atoms. The molecule has 1 aromatic heterocycles. The number of pyridine rings is 1. The summed E-state index contributed by atoms with van der Waals surface area (Å²) in [7, 11) is -3.61. The first-order valence-corrected chi connectivity index (χ1v) is 11.8. The number of carbonyl (C=O) groups excluding carboxylic acids is 1. The molecule has 0 unspecified atom stereocenters. The predicted octanol–water partition coefficient (Wildman–Crippen LogP) is 3.36. The minimum atomic E-state index is -3.61. The summed E-state index contributed by atoms with van der Waals surface area (Å²) in [6.45, 7) is 3.29. The second-order valence-electron chi connectivity index (χ2n) is 8.15. The Bertz CT molecular complexity index is 1220. The van der Waals surface area contributed by atoms with Crippen molar-refractivity contribution in [2.45, 2.75) is 49.1 Å². The van der Waals surface area contributed by atoms with Crippen LogP contribution >= 0.6 is 11.6 Å². The van der Waals surface area contributed by atoms with Crippen LogP contribution in [0.1, 0.15) is 47.8 Å². The van der Waals surface area contributed by atoms with Crippen LogP contribution < -0.4 is 11.1 Å². The highest BCUT2D eigenvalue weighted by Crippen LogP contribution is 2.45. The Kier molecular flexibility index (Phi) is 5.29. The van der Waals surface area contributed by atoms with Gasteiger partial charge in [-0.05, 0) is 56.5 Å². The van der Waals surface area contributed by atoms with Crippen molar-refractivity contribution < 1.29 is 17.6 Å². The Morgan fingerprint density at radius 1 is 1.32 bits per heavy atom. The molecule has 3 heterocycles. The summed E-state index contributed by atoms with van der Waals surface area (Å²) in [5, 5.41) is 1.40. The van der Waals surface area contributed by atoms with E-state index in [4.69, 9.17) is 17.3 Å². The maximum atomic E-state index is 14.9. The molecule has 2 aliphatic rings. The van der Waals surface area contributed by atoms with Crippen molar-refractivity contribution in [3.63, 3.8) is 0 Å². The molecule has 7 nitrogen and oxygen atoms in total. The number of nitrogens with zero attached hydrogens (tertiary/aromatic N) is 2. The standard InChI is InChI=1S/C21H22ClFN4O3S/c1-11-8-12(22)10-25-18(11)20(28)26-13-6-7-15(23)14(9-13)21(2)17-5-3-4-16(19(24)27-21)31(17,29)30/h6-10,16-17H,3-5H2,1-2H3,(H2,24,27)(H,26,28)/t16-,17+,21-/m1/s1. The van der Waals surface area contributed by atoms with Crippen LogP contribution in [0.15, 0.2) is 35.5 Å². The third-order valence-electron chi connectivity index (χ3n) is 6.07. The lowest BCUT2D eigenvalue weighted by molar-refractivity contribution is 0.102. The number of halogens is 2. The summed E-state index contributed by atoms with van der Waals surface area (Å²) in [6.07, 6.45) is 2.83. The number of hydrogen-bond donors (Lipinski definition) is 2. The maximum Gasteiger partial charge on any atom is 0.274 e. The van der Waals surface area contributed by atoms with Crippen molar-refractivity contribution in [2.24, 2.45) is 10.7 Å². The van der Waals surface area contributed by atoms with Crippen molar-refractivity contribution in [1.82, 2.24) is 4.98 Å². The average Bonchev–Trinajstić information content (AvgIpc) is 2.67. The second kappa shape index (κ2) is 7.56. The van der Waals surface area contributed by atoms with E-state index in [0.717, 1.165) is 0 Å². The number of nitrogens with one attached hydrogen (secondary N) is 1. The van der Waals surface area contributed by atoms with Crippen LogP contribution in [0.2, 0.25) is 5.02 Å². The van der Waals surface area contributed by atoms with Gasteiger partial charge in [-0.1, -0.05) is 18.0 Å². The minimum absolute atomic E-state index is 0.00766. The number of nitrogens with two attached hydrogens (primary N) is 1. The largest absolute Gasteiger partial charge is 0.386 e. The molecule has 1 saturated heterocycles. The lowest BCUT2D eigenvalue weighted by Crippen LogP contribution is -2.57. The Labute approximate surface area is 184 Å². The fourth-order valence-electron chi connectivity index (χ4n) is 4.54. The molecule has 2 bridgehead atoms.